The van der Waals surface area contributed by atoms with E-state index in [0.29, 0.717) is 18.1 Å². The van der Waals surface area contributed by atoms with E-state index in [9.17, 15) is 4.79 Å². The van der Waals surface area contributed by atoms with E-state index in [1.807, 2.05) is 13.8 Å². The second kappa shape index (κ2) is 8.47. The average Bonchev–Trinajstić information content (AvgIpc) is 2.42. The van der Waals surface area contributed by atoms with Crippen LogP contribution in [-0.2, 0) is 4.79 Å². The van der Waals surface area contributed by atoms with Gasteiger partial charge in [0.15, 0.2) is 0 Å². The van der Waals surface area contributed by atoms with Gasteiger partial charge in [-0.25, -0.2) is 9.97 Å². The molecule has 1 rings (SSSR count). The molecule has 0 atom stereocenters. The minimum atomic E-state index is 0.151. The first-order chi connectivity index (χ1) is 9.50. The molecular weight excluding hydrogens is 248 g/mol. The number of aromatic nitrogens is 2. The Balaban J connectivity index is 2.30. The van der Waals surface area contributed by atoms with E-state index in [-0.39, 0.29) is 5.92 Å². The highest BCUT2D eigenvalue weighted by atomic mass is 16.1. The van der Waals surface area contributed by atoms with Gasteiger partial charge in [0.2, 0.25) is 0 Å². The maximum absolute atomic E-state index is 11.4. The van der Waals surface area contributed by atoms with Gasteiger partial charge in [-0.3, -0.25) is 4.79 Å². The van der Waals surface area contributed by atoms with Gasteiger partial charge in [0.25, 0.3) is 0 Å². The van der Waals surface area contributed by atoms with E-state index in [4.69, 9.17) is 0 Å². The van der Waals surface area contributed by atoms with Crippen LogP contribution in [0.2, 0.25) is 0 Å². The van der Waals surface area contributed by atoms with Crippen LogP contribution in [0.4, 0.5) is 0 Å². The minimum absolute atomic E-state index is 0.151. The molecule has 0 amide bonds. The topological polar surface area (TPSA) is 42.9 Å². The summed E-state index contributed by atoms with van der Waals surface area (Å²) in [4.78, 5) is 20.0. The van der Waals surface area contributed by atoms with Crippen molar-refractivity contribution in [2.75, 3.05) is 0 Å². The molecular formula is C17H24N2O. The van der Waals surface area contributed by atoms with E-state index in [1.54, 1.807) is 12.4 Å². The fraction of sp³-hybridized carbons (Fsp3) is 0.588. The fourth-order valence-electron chi connectivity index (χ4n) is 1.67. The molecule has 20 heavy (non-hydrogen) atoms. The van der Waals surface area contributed by atoms with E-state index in [1.165, 1.54) is 0 Å². The van der Waals surface area contributed by atoms with Crippen molar-refractivity contribution in [2.45, 2.75) is 59.3 Å². The zero-order valence-electron chi connectivity index (χ0n) is 12.9. The summed E-state index contributed by atoms with van der Waals surface area (Å²) in [7, 11) is 0. The lowest BCUT2D eigenvalue weighted by Gasteiger charge is -2.02. The van der Waals surface area contributed by atoms with Crippen molar-refractivity contribution < 1.29 is 4.79 Å². The summed E-state index contributed by atoms with van der Waals surface area (Å²) >= 11 is 0. The Kier molecular flexibility index (Phi) is 6.93. The number of ketones is 1. The molecule has 0 aliphatic heterocycles. The van der Waals surface area contributed by atoms with Gasteiger partial charge >= 0.3 is 0 Å². The Morgan fingerprint density at radius 1 is 1.15 bits per heavy atom. The molecule has 0 aromatic carbocycles. The van der Waals surface area contributed by atoms with Crippen LogP contribution >= 0.6 is 0 Å². The summed E-state index contributed by atoms with van der Waals surface area (Å²) in [5.41, 5.74) is 0.854. The standard InChI is InChI=1S/C17H24N2O/c1-13(2)16(20)10-8-6-5-7-9-15-11-18-17(14(3)4)19-12-15/h11-14H,5-6,8,10H2,1-4H3. The summed E-state index contributed by atoms with van der Waals surface area (Å²) in [5.74, 6) is 7.86. The second-order valence-electron chi connectivity index (χ2n) is 5.61. The first-order valence-electron chi connectivity index (χ1n) is 7.34. The molecule has 1 aromatic rings. The molecule has 0 spiro atoms. The number of carbonyl (C=O) groups is 1. The molecule has 0 saturated heterocycles. The van der Waals surface area contributed by atoms with Gasteiger partial charge in [-0.1, -0.05) is 39.5 Å². The Hall–Kier alpha value is -1.69. The molecule has 0 bridgehead atoms. The lowest BCUT2D eigenvalue weighted by Crippen LogP contribution is -2.05. The summed E-state index contributed by atoms with van der Waals surface area (Å²) in [6, 6.07) is 0. The third kappa shape index (κ3) is 5.97. The summed E-state index contributed by atoms with van der Waals surface area (Å²) in [6.07, 6.45) is 6.93. The smallest absolute Gasteiger partial charge is 0.135 e. The van der Waals surface area contributed by atoms with Gasteiger partial charge in [0.1, 0.15) is 11.6 Å². The molecule has 1 heterocycles. The second-order valence-corrected chi connectivity index (χ2v) is 5.61. The number of hydrogen-bond donors (Lipinski definition) is 0. The quantitative estimate of drug-likeness (QED) is 0.585. The van der Waals surface area contributed by atoms with Crippen LogP contribution in [0.3, 0.4) is 0 Å². The van der Waals surface area contributed by atoms with Crippen molar-refractivity contribution in [3.8, 4) is 11.8 Å². The molecule has 3 nitrogen and oxygen atoms in total. The number of Topliss-reactive ketones (excluding diaryl/α,β-unsaturated/α-hetero) is 1. The number of nitrogens with zero attached hydrogens (tertiary/aromatic N) is 2. The van der Waals surface area contributed by atoms with Crippen molar-refractivity contribution in [1.29, 1.82) is 0 Å². The molecule has 0 saturated carbocycles. The predicted molar refractivity (Wildman–Crippen MR) is 81.3 cm³/mol. The van der Waals surface area contributed by atoms with Gasteiger partial charge in [-0.2, -0.15) is 0 Å². The van der Waals surface area contributed by atoms with Gasteiger partial charge in [0, 0.05) is 37.1 Å². The van der Waals surface area contributed by atoms with E-state index in [2.05, 4.69) is 35.7 Å². The summed E-state index contributed by atoms with van der Waals surface area (Å²) in [5, 5.41) is 0. The molecule has 0 fully saturated rings. The highest BCUT2D eigenvalue weighted by Crippen LogP contribution is 2.08. The van der Waals surface area contributed by atoms with Crippen LogP contribution in [-0.4, -0.2) is 15.8 Å². The van der Waals surface area contributed by atoms with E-state index < -0.39 is 0 Å². The van der Waals surface area contributed by atoms with Crippen molar-refractivity contribution in [2.24, 2.45) is 5.92 Å². The fourth-order valence-corrected chi connectivity index (χ4v) is 1.67. The molecule has 0 radical (unpaired) electrons. The van der Waals surface area contributed by atoms with E-state index >= 15 is 0 Å². The Morgan fingerprint density at radius 2 is 1.80 bits per heavy atom. The summed E-state index contributed by atoms with van der Waals surface area (Å²) in [6.45, 7) is 8.03. The highest BCUT2D eigenvalue weighted by molar-refractivity contribution is 5.80. The largest absolute Gasteiger partial charge is 0.299 e. The monoisotopic (exact) mass is 272 g/mol. The molecule has 1 aromatic heterocycles. The van der Waals surface area contributed by atoms with Crippen LogP contribution in [0.15, 0.2) is 12.4 Å². The molecule has 108 valence electrons. The van der Waals surface area contributed by atoms with Gasteiger partial charge < -0.3 is 0 Å². The van der Waals surface area contributed by atoms with Crippen LogP contribution in [0.25, 0.3) is 0 Å². The van der Waals surface area contributed by atoms with Crippen molar-refractivity contribution in [3.05, 3.63) is 23.8 Å². The first kappa shape index (κ1) is 16.4. The molecule has 0 N–H and O–H groups in total. The minimum Gasteiger partial charge on any atom is -0.299 e. The van der Waals surface area contributed by atoms with Crippen LogP contribution in [0, 0.1) is 17.8 Å². The first-order valence-corrected chi connectivity index (χ1v) is 7.34. The number of unbranched alkanes of at least 4 members (excludes halogenated alkanes) is 2. The van der Waals surface area contributed by atoms with Crippen molar-refractivity contribution in [1.82, 2.24) is 9.97 Å². The van der Waals surface area contributed by atoms with Gasteiger partial charge in [0.05, 0.1) is 5.56 Å². The number of carbonyl (C=O) groups excluding carboxylic acids is 1. The van der Waals surface area contributed by atoms with Gasteiger partial charge in [-0.15, -0.1) is 0 Å². The Bertz CT molecular complexity index is 478. The Labute approximate surface area is 122 Å². The average molecular weight is 272 g/mol. The number of rotatable bonds is 6. The Morgan fingerprint density at radius 3 is 2.35 bits per heavy atom. The van der Waals surface area contributed by atoms with Gasteiger partial charge in [-0.05, 0) is 12.8 Å². The molecule has 0 aliphatic carbocycles. The molecule has 0 aliphatic rings. The lowest BCUT2D eigenvalue weighted by atomic mass is 10.0. The highest BCUT2D eigenvalue weighted by Gasteiger charge is 2.05. The van der Waals surface area contributed by atoms with Crippen LogP contribution < -0.4 is 0 Å². The molecule has 0 unspecified atom stereocenters. The predicted octanol–water partition coefficient (Wildman–Crippen LogP) is 3.74. The lowest BCUT2D eigenvalue weighted by molar-refractivity contribution is -0.122. The maximum atomic E-state index is 11.4. The maximum Gasteiger partial charge on any atom is 0.135 e. The zero-order valence-corrected chi connectivity index (χ0v) is 12.9. The SMILES string of the molecule is CC(C)C(=O)CCCCC#Cc1cnc(C(C)C)nc1. The zero-order chi connectivity index (χ0) is 15.0. The van der Waals surface area contributed by atoms with Crippen LogP contribution in [0.1, 0.15) is 70.7 Å². The van der Waals surface area contributed by atoms with Crippen molar-refractivity contribution in [3.63, 3.8) is 0 Å². The normalized spacial score (nSPS) is 10.5. The summed E-state index contributed by atoms with van der Waals surface area (Å²) < 4.78 is 0. The van der Waals surface area contributed by atoms with E-state index in [0.717, 1.165) is 30.7 Å². The van der Waals surface area contributed by atoms with Crippen LogP contribution in [0.5, 0.6) is 0 Å². The third-order valence-electron chi connectivity index (χ3n) is 3.04. The number of hydrogen-bond acceptors (Lipinski definition) is 3. The third-order valence-corrected chi connectivity index (χ3v) is 3.04. The molecule has 3 heteroatoms. The van der Waals surface area contributed by atoms with Crippen molar-refractivity contribution >= 4 is 5.78 Å².